The summed E-state index contributed by atoms with van der Waals surface area (Å²) in [6, 6.07) is 2.48. The minimum absolute atomic E-state index is 0.00493. The zero-order valence-corrected chi connectivity index (χ0v) is 8.97. The number of hydrogen-bond acceptors (Lipinski definition) is 2. The van der Waals surface area contributed by atoms with Gasteiger partial charge in [-0.25, -0.2) is 4.39 Å². The molecule has 1 amide bonds. The van der Waals surface area contributed by atoms with E-state index in [0.29, 0.717) is 5.56 Å². The van der Waals surface area contributed by atoms with Crippen LogP contribution in [0.5, 0.6) is 5.75 Å². The Hall–Kier alpha value is -1.58. The zero-order valence-electron chi connectivity index (χ0n) is 8.97. The molecule has 0 fully saturated rings. The summed E-state index contributed by atoms with van der Waals surface area (Å²) >= 11 is 0. The maximum absolute atomic E-state index is 13.1. The van der Waals surface area contributed by atoms with Gasteiger partial charge in [0.1, 0.15) is 0 Å². The number of aryl methyl sites for hydroxylation is 1. The summed E-state index contributed by atoms with van der Waals surface area (Å²) in [5, 5.41) is 11.8. The third-order valence-electron chi connectivity index (χ3n) is 1.94. The molecule has 0 aliphatic rings. The summed E-state index contributed by atoms with van der Waals surface area (Å²) < 4.78 is 13.1. The smallest absolute Gasteiger partial charge is 0.251 e. The van der Waals surface area contributed by atoms with E-state index in [0.717, 1.165) is 6.07 Å². The molecule has 1 aromatic rings. The van der Waals surface area contributed by atoms with Gasteiger partial charge in [-0.3, -0.25) is 4.79 Å². The van der Waals surface area contributed by atoms with E-state index in [4.69, 9.17) is 0 Å². The Morgan fingerprint density at radius 1 is 1.47 bits per heavy atom. The third-order valence-corrected chi connectivity index (χ3v) is 1.94. The van der Waals surface area contributed by atoms with Crippen LogP contribution in [0.15, 0.2) is 12.1 Å². The molecule has 0 aliphatic heterocycles. The molecule has 0 atom stereocenters. The van der Waals surface area contributed by atoms with Crippen molar-refractivity contribution in [1.82, 2.24) is 5.32 Å². The van der Waals surface area contributed by atoms with Crippen LogP contribution in [0.3, 0.4) is 0 Å². The van der Waals surface area contributed by atoms with Crippen LogP contribution in [0.2, 0.25) is 0 Å². The molecule has 4 heteroatoms. The lowest BCUT2D eigenvalue weighted by molar-refractivity contribution is 0.0942. The van der Waals surface area contributed by atoms with Crippen LogP contribution in [0.25, 0.3) is 0 Å². The van der Waals surface area contributed by atoms with Crippen LogP contribution in [0.1, 0.15) is 29.8 Å². The highest BCUT2D eigenvalue weighted by molar-refractivity contribution is 5.94. The second-order valence-corrected chi connectivity index (χ2v) is 3.75. The van der Waals surface area contributed by atoms with E-state index in [1.807, 2.05) is 13.8 Å². The number of benzene rings is 1. The molecule has 0 saturated carbocycles. The molecule has 2 N–H and O–H groups in total. The maximum atomic E-state index is 13.1. The first kappa shape index (κ1) is 11.5. The van der Waals surface area contributed by atoms with E-state index in [-0.39, 0.29) is 17.5 Å². The molecule has 15 heavy (non-hydrogen) atoms. The first-order valence-corrected chi connectivity index (χ1v) is 4.71. The molecule has 0 aromatic heterocycles. The summed E-state index contributed by atoms with van der Waals surface area (Å²) in [5.74, 6) is -1.52. The molecule has 0 heterocycles. The van der Waals surface area contributed by atoms with Gasteiger partial charge in [0.15, 0.2) is 11.6 Å². The van der Waals surface area contributed by atoms with E-state index >= 15 is 0 Å². The summed E-state index contributed by atoms with van der Waals surface area (Å²) in [5.41, 5.74) is 0.570. The molecular formula is C11H14FNO2. The number of aromatic hydroxyl groups is 1. The molecule has 3 nitrogen and oxygen atoms in total. The van der Waals surface area contributed by atoms with Gasteiger partial charge < -0.3 is 10.4 Å². The van der Waals surface area contributed by atoms with Crippen molar-refractivity contribution >= 4 is 5.91 Å². The highest BCUT2D eigenvalue weighted by Crippen LogP contribution is 2.22. The van der Waals surface area contributed by atoms with Gasteiger partial charge in [0.2, 0.25) is 0 Å². The first-order chi connectivity index (χ1) is 6.91. The molecular weight excluding hydrogens is 197 g/mol. The molecule has 1 aromatic carbocycles. The predicted molar refractivity (Wildman–Crippen MR) is 55.4 cm³/mol. The van der Waals surface area contributed by atoms with Gasteiger partial charge >= 0.3 is 0 Å². The monoisotopic (exact) mass is 211 g/mol. The van der Waals surface area contributed by atoms with E-state index < -0.39 is 11.6 Å². The molecule has 0 unspecified atom stereocenters. The summed E-state index contributed by atoms with van der Waals surface area (Å²) in [6.07, 6.45) is 0. The third kappa shape index (κ3) is 2.68. The van der Waals surface area contributed by atoms with Gasteiger partial charge in [0, 0.05) is 11.6 Å². The molecule has 0 aliphatic carbocycles. The van der Waals surface area contributed by atoms with Crippen LogP contribution in [-0.2, 0) is 0 Å². The van der Waals surface area contributed by atoms with Crippen LogP contribution >= 0.6 is 0 Å². The second kappa shape index (κ2) is 4.29. The SMILES string of the molecule is Cc1cc(C(=O)NC(C)C)cc(F)c1O. The van der Waals surface area contributed by atoms with Crippen molar-refractivity contribution in [2.45, 2.75) is 26.8 Å². The van der Waals surface area contributed by atoms with Crippen molar-refractivity contribution in [3.8, 4) is 5.75 Å². The molecule has 82 valence electrons. The Labute approximate surface area is 87.9 Å². The molecule has 0 saturated heterocycles. The Morgan fingerprint density at radius 3 is 2.53 bits per heavy atom. The number of hydrogen-bond donors (Lipinski definition) is 2. The van der Waals surface area contributed by atoms with Gasteiger partial charge in [-0.15, -0.1) is 0 Å². The molecule has 1 rings (SSSR count). The number of phenols is 1. The highest BCUT2D eigenvalue weighted by Gasteiger charge is 2.12. The average molecular weight is 211 g/mol. The Kier molecular flexibility index (Phi) is 3.29. The number of carbonyl (C=O) groups excluding carboxylic acids is 1. The maximum Gasteiger partial charge on any atom is 0.251 e. The lowest BCUT2D eigenvalue weighted by Crippen LogP contribution is -2.30. The fourth-order valence-electron chi connectivity index (χ4n) is 1.21. The Bertz CT molecular complexity index is 365. The largest absolute Gasteiger partial charge is 0.505 e. The summed E-state index contributed by atoms with van der Waals surface area (Å²) in [7, 11) is 0. The van der Waals surface area contributed by atoms with Gasteiger partial charge in [-0.1, -0.05) is 0 Å². The lowest BCUT2D eigenvalue weighted by Gasteiger charge is -2.09. The minimum Gasteiger partial charge on any atom is -0.505 e. The van der Waals surface area contributed by atoms with Crippen LogP contribution in [-0.4, -0.2) is 17.1 Å². The summed E-state index contributed by atoms with van der Waals surface area (Å²) in [4.78, 5) is 11.5. The quantitative estimate of drug-likeness (QED) is 0.785. The number of halogens is 1. The predicted octanol–water partition coefficient (Wildman–Crippen LogP) is 1.98. The number of amides is 1. The number of phenolic OH excluding ortho intramolecular Hbond substituents is 1. The van der Waals surface area contributed by atoms with Crippen LogP contribution < -0.4 is 5.32 Å². The van der Waals surface area contributed by atoms with Crippen LogP contribution in [0.4, 0.5) is 4.39 Å². The van der Waals surface area contributed by atoms with Gasteiger partial charge in [-0.05, 0) is 38.5 Å². The standard InChI is InChI=1S/C11H14FNO2/c1-6(2)13-11(15)8-4-7(3)10(14)9(12)5-8/h4-6,14H,1-3H3,(H,13,15). The van der Waals surface area contributed by atoms with E-state index in [2.05, 4.69) is 5.32 Å². The van der Waals surface area contributed by atoms with E-state index in [9.17, 15) is 14.3 Å². The normalized spacial score (nSPS) is 10.5. The molecule has 0 bridgehead atoms. The van der Waals surface area contributed by atoms with Crippen molar-refractivity contribution < 1.29 is 14.3 Å². The van der Waals surface area contributed by atoms with E-state index in [1.54, 1.807) is 6.92 Å². The number of rotatable bonds is 2. The number of nitrogens with one attached hydrogen (secondary N) is 1. The van der Waals surface area contributed by atoms with Crippen LogP contribution in [0, 0.1) is 12.7 Å². The topological polar surface area (TPSA) is 49.3 Å². The minimum atomic E-state index is -0.774. The summed E-state index contributed by atoms with van der Waals surface area (Å²) in [6.45, 7) is 5.19. The molecule has 0 radical (unpaired) electrons. The van der Waals surface area contributed by atoms with Crippen molar-refractivity contribution in [2.75, 3.05) is 0 Å². The number of carbonyl (C=O) groups is 1. The van der Waals surface area contributed by atoms with Gasteiger partial charge in [0.05, 0.1) is 0 Å². The molecule has 0 spiro atoms. The first-order valence-electron chi connectivity index (χ1n) is 4.71. The van der Waals surface area contributed by atoms with Crippen molar-refractivity contribution in [2.24, 2.45) is 0 Å². The van der Waals surface area contributed by atoms with Crippen molar-refractivity contribution in [1.29, 1.82) is 0 Å². The second-order valence-electron chi connectivity index (χ2n) is 3.75. The zero-order chi connectivity index (χ0) is 11.6. The van der Waals surface area contributed by atoms with Gasteiger partial charge in [-0.2, -0.15) is 0 Å². The Morgan fingerprint density at radius 2 is 2.07 bits per heavy atom. The van der Waals surface area contributed by atoms with Gasteiger partial charge in [0.25, 0.3) is 5.91 Å². The highest BCUT2D eigenvalue weighted by atomic mass is 19.1. The average Bonchev–Trinajstić information content (AvgIpc) is 2.12. The van der Waals surface area contributed by atoms with Crippen molar-refractivity contribution in [3.05, 3.63) is 29.1 Å². The van der Waals surface area contributed by atoms with E-state index in [1.165, 1.54) is 6.07 Å². The fraction of sp³-hybridized carbons (Fsp3) is 0.364. The fourth-order valence-corrected chi connectivity index (χ4v) is 1.21. The Balaban J connectivity index is 3.01. The van der Waals surface area contributed by atoms with Crippen molar-refractivity contribution in [3.63, 3.8) is 0 Å². The lowest BCUT2D eigenvalue weighted by atomic mass is 10.1.